The van der Waals surface area contributed by atoms with Crippen molar-refractivity contribution in [1.29, 1.82) is 0 Å². The van der Waals surface area contributed by atoms with Gasteiger partial charge < -0.3 is 10.6 Å². The molecule has 0 unspecified atom stereocenters. The first-order valence-electron chi connectivity index (χ1n) is 9.70. The monoisotopic (exact) mass is 442 g/mol. The van der Waals surface area contributed by atoms with E-state index >= 15 is 0 Å². The number of aromatic nitrogens is 2. The molecular weight excluding hydrogens is 421 g/mol. The Bertz CT molecular complexity index is 1150. The van der Waals surface area contributed by atoms with E-state index in [4.69, 9.17) is 0 Å². The summed E-state index contributed by atoms with van der Waals surface area (Å²) in [5.41, 5.74) is 3.60. The van der Waals surface area contributed by atoms with Crippen LogP contribution in [-0.4, -0.2) is 34.3 Å². The number of alkyl halides is 3. The molecule has 0 radical (unpaired) electrons. The number of rotatable bonds is 6. The number of carbonyl (C=O) groups excluding carboxylic acids is 2. The van der Waals surface area contributed by atoms with Crippen molar-refractivity contribution in [2.45, 2.75) is 20.0 Å². The van der Waals surface area contributed by atoms with Crippen molar-refractivity contribution in [1.82, 2.24) is 15.1 Å². The Morgan fingerprint density at radius 1 is 1.06 bits per heavy atom. The molecule has 0 aliphatic rings. The highest BCUT2D eigenvalue weighted by Crippen LogP contribution is 2.19. The average molecular weight is 442 g/mol. The lowest BCUT2D eigenvalue weighted by molar-refractivity contribution is -0.123. The fourth-order valence-corrected chi connectivity index (χ4v) is 3.08. The largest absolute Gasteiger partial charge is 0.405 e. The summed E-state index contributed by atoms with van der Waals surface area (Å²) in [5, 5.41) is 8.91. The molecule has 3 rings (SSSR count). The molecule has 2 aromatic carbocycles. The SMILES string of the molecule is Cc1nn(-c2ccccc2)c(C)c1/C=C/C(=O)Nc1cccc(C(=O)NCC(F)(F)F)c1. The Labute approximate surface area is 182 Å². The number of hydrogen-bond acceptors (Lipinski definition) is 3. The van der Waals surface area contributed by atoms with Gasteiger partial charge in [-0.05, 0) is 50.3 Å². The van der Waals surface area contributed by atoms with Crippen LogP contribution in [0.5, 0.6) is 0 Å². The van der Waals surface area contributed by atoms with Crippen molar-refractivity contribution in [3.8, 4) is 5.69 Å². The van der Waals surface area contributed by atoms with E-state index in [1.54, 1.807) is 16.1 Å². The van der Waals surface area contributed by atoms with Crippen LogP contribution in [0.1, 0.15) is 27.3 Å². The molecular formula is C23H21F3N4O2. The van der Waals surface area contributed by atoms with Gasteiger partial charge in [-0.25, -0.2) is 4.68 Å². The van der Waals surface area contributed by atoms with E-state index in [1.165, 1.54) is 30.3 Å². The smallest absolute Gasteiger partial charge is 0.343 e. The summed E-state index contributed by atoms with van der Waals surface area (Å²) in [6.07, 6.45) is -1.52. The number of halogens is 3. The maximum Gasteiger partial charge on any atom is 0.405 e. The van der Waals surface area contributed by atoms with Crippen molar-refractivity contribution >= 4 is 23.6 Å². The number of benzene rings is 2. The second-order valence-electron chi connectivity index (χ2n) is 7.03. The Balaban J connectivity index is 1.69. The van der Waals surface area contributed by atoms with E-state index in [-0.39, 0.29) is 11.3 Å². The van der Waals surface area contributed by atoms with Gasteiger partial charge >= 0.3 is 6.18 Å². The van der Waals surface area contributed by atoms with E-state index in [9.17, 15) is 22.8 Å². The Hall–Kier alpha value is -3.88. The summed E-state index contributed by atoms with van der Waals surface area (Å²) in [7, 11) is 0. The Morgan fingerprint density at radius 2 is 1.78 bits per heavy atom. The lowest BCUT2D eigenvalue weighted by atomic mass is 10.1. The van der Waals surface area contributed by atoms with Gasteiger partial charge in [0.1, 0.15) is 6.54 Å². The normalized spacial score (nSPS) is 11.5. The van der Waals surface area contributed by atoms with E-state index < -0.39 is 24.5 Å². The predicted octanol–water partition coefficient (Wildman–Crippen LogP) is 4.43. The molecule has 0 bridgehead atoms. The average Bonchev–Trinajstić information content (AvgIpc) is 3.04. The number of nitrogens with one attached hydrogen (secondary N) is 2. The van der Waals surface area contributed by atoms with Crippen LogP contribution < -0.4 is 10.6 Å². The molecule has 1 heterocycles. The van der Waals surface area contributed by atoms with Crippen LogP contribution in [0.25, 0.3) is 11.8 Å². The van der Waals surface area contributed by atoms with Gasteiger partial charge in [-0.3, -0.25) is 9.59 Å². The van der Waals surface area contributed by atoms with Crippen LogP contribution >= 0.6 is 0 Å². The minimum absolute atomic E-state index is 0.00635. The highest BCUT2D eigenvalue weighted by Gasteiger charge is 2.27. The van der Waals surface area contributed by atoms with Crippen LogP contribution in [0.4, 0.5) is 18.9 Å². The number of amides is 2. The van der Waals surface area contributed by atoms with Crippen molar-refractivity contribution < 1.29 is 22.8 Å². The van der Waals surface area contributed by atoms with Crippen LogP contribution in [-0.2, 0) is 4.79 Å². The third-order valence-corrected chi connectivity index (χ3v) is 4.59. The fraction of sp³-hybridized carbons (Fsp3) is 0.174. The number of hydrogen-bond donors (Lipinski definition) is 2. The third kappa shape index (κ3) is 5.84. The number of anilines is 1. The summed E-state index contributed by atoms with van der Waals surface area (Å²) in [6.45, 7) is 2.31. The molecule has 1 aromatic heterocycles. The number of aryl methyl sites for hydroxylation is 1. The molecule has 32 heavy (non-hydrogen) atoms. The molecule has 0 spiro atoms. The quantitative estimate of drug-likeness (QED) is 0.555. The minimum Gasteiger partial charge on any atom is -0.343 e. The van der Waals surface area contributed by atoms with Crippen molar-refractivity contribution in [2.75, 3.05) is 11.9 Å². The van der Waals surface area contributed by atoms with E-state index in [2.05, 4.69) is 10.4 Å². The number of para-hydroxylation sites is 1. The summed E-state index contributed by atoms with van der Waals surface area (Å²) in [5.74, 6) is -1.34. The summed E-state index contributed by atoms with van der Waals surface area (Å²) < 4.78 is 38.6. The lowest BCUT2D eigenvalue weighted by Gasteiger charge is -2.09. The van der Waals surface area contributed by atoms with Gasteiger partial charge in [0.05, 0.1) is 11.4 Å². The van der Waals surface area contributed by atoms with Crippen molar-refractivity contribution in [2.24, 2.45) is 0 Å². The van der Waals surface area contributed by atoms with Crippen LogP contribution in [0.3, 0.4) is 0 Å². The zero-order valence-corrected chi connectivity index (χ0v) is 17.4. The molecule has 3 aromatic rings. The van der Waals surface area contributed by atoms with Gasteiger partial charge in [-0.2, -0.15) is 18.3 Å². The zero-order chi connectivity index (χ0) is 23.3. The standard InChI is InChI=1S/C23H21F3N4O2/c1-15-20(16(2)30(29-15)19-9-4-3-5-10-19)11-12-21(31)28-18-8-6-7-17(13-18)22(32)27-14-23(24,25)26/h3-13H,14H2,1-2H3,(H,27,32)(H,28,31)/b12-11+. The first-order chi connectivity index (χ1) is 15.1. The molecule has 0 atom stereocenters. The zero-order valence-electron chi connectivity index (χ0n) is 17.4. The molecule has 0 saturated carbocycles. The second kappa shape index (κ2) is 9.51. The molecule has 0 aliphatic carbocycles. The summed E-state index contributed by atoms with van der Waals surface area (Å²) in [6, 6.07) is 15.3. The molecule has 9 heteroatoms. The van der Waals surface area contributed by atoms with Gasteiger partial charge in [0.15, 0.2) is 0 Å². The molecule has 0 saturated heterocycles. The molecule has 166 valence electrons. The fourth-order valence-electron chi connectivity index (χ4n) is 3.08. The van der Waals surface area contributed by atoms with E-state index in [1.807, 2.05) is 44.2 Å². The van der Waals surface area contributed by atoms with E-state index in [0.29, 0.717) is 0 Å². The van der Waals surface area contributed by atoms with Gasteiger partial charge in [0.25, 0.3) is 5.91 Å². The first kappa shape index (κ1) is 22.8. The van der Waals surface area contributed by atoms with E-state index in [0.717, 1.165) is 22.6 Å². The highest BCUT2D eigenvalue weighted by molar-refractivity contribution is 6.03. The Kier molecular flexibility index (Phi) is 6.77. The molecule has 2 amide bonds. The van der Waals surface area contributed by atoms with Crippen LogP contribution in [0.2, 0.25) is 0 Å². The van der Waals surface area contributed by atoms with Crippen molar-refractivity contribution in [3.63, 3.8) is 0 Å². The Morgan fingerprint density at radius 3 is 2.47 bits per heavy atom. The predicted molar refractivity (Wildman–Crippen MR) is 116 cm³/mol. The summed E-state index contributed by atoms with van der Waals surface area (Å²) in [4.78, 5) is 24.2. The number of nitrogens with zero attached hydrogens (tertiary/aromatic N) is 2. The number of carbonyl (C=O) groups is 2. The van der Waals surface area contributed by atoms with Gasteiger partial charge in [0, 0.05) is 28.6 Å². The van der Waals surface area contributed by atoms with Crippen LogP contribution in [0.15, 0.2) is 60.7 Å². The first-order valence-corrected chi connectivity index (χ1v) is 9.70. The minimum atomic E-state index is -4.50. The molecule has 6 nitrogen and oxygen atoms in total. The second-order valence-corrected chi connectivity index (χ2v) is 7.03. The summed E-state index contributed by atoms with van der Waals surface area (Å²) >= 11 is 0. The maximum absolute atomic E-state index is 12.3. The topological polar surface area (TPSA) is 76.0 Å². The molecule has 0 fully saturated rings. The van der Waals surface area contributed by atoms with Gasteiger partial charge in [-0.1, -0.05) is 24.3 Å². The molecule has 2 N–H and O–H groups in total. The highest BCUT2D eigenvalue weighted by atomic mass is 19.4. The third-order valence-electron chi connectivity index (χ3n) is 4.59. The lowest BCUT2D eigenvalue weighted by Crippen LogP contribution is -2.33. The van der Waals surface area contributed by atoms with Gasteiger partial charge in [-0.15, -0.1) is 0 Å². The maximum atomic E-state index is 12.3. The van der Waals surface area contributed by atoms with Crippen LogP contribution in [0, 0.1) is 13.8 Å². The van der Waals surface area contributed by atoms with Crippen molar-refractivity contribution in [3.05, 3.63) is 83.2 Å². The van der Waals surface area contributed by atoms with Gasteiger partial charge in [0.2, 0.25) is 5.91 Å². The molecule has 0 aliphatic heterocycles.